The summed E-state index contributed by atoms with van der Waals surface area (Å²) in [5.74, 6) is 0.644. The lowest BCUT2D eigenvalue weighted by molar-refractivity contribution is -0.118. The van der Waals surface area contributed by atoms with Crippen molar-refractivity contribution in [1.82, 2.24) is 14.7 Å². The van der Waals surface area contributed by atoms with Crippen molar-refractivity contribution in [1.29, 1.82) is 0 Å². The van der Waals surface area contributed by atoms with Crippen LogP contribution in [0.4, 0.5) is 0 Å². The molecular weight excluding hydrogens is 248 g/mol. The number of rotatable bonds is 8. The van der Waals surface area contributed by atoms with E-state index in [1.165, 1.54) is 0 Å². The fraction of sp³-hybridized carbons (Fsp3) is 0.750. The summed E-state index contributed by atoms with van der Waals surface area (Å²) in [6.07, 6.45) is 1.12. The molecule has 1 unspecified atom stereocenters. The Morgan fingerprint density at radius 2 is 1.95 bits per heavy atom. The monoisotopic (exact) mass is 272 g/mol. The normalized spacial score (nSPS) is 13.3. The third-order valence-corrected chi connectivity index (χ3v) is 2.90. The van der Waals surface area contributed by atoms with Crippen molar-refractivity contribution in [3.8, 4) is 5.75 Å². The molecule has 1 atom stereocenters. The molecule has 0 aromatic carbocycles. The SMILES string of the molecule is COc1cnn(CCN(C)C)c1C(N)C(OC)OC. The Labute approximate surface area is 114 Å². The Balaban J connectivity index is 2.97. The molecule has 0 aliphatic carbocycles. The third kappa shape index (κ3) is 3.90. The molecule has 0 bridgehead atoms. The summed E-state index contributed by atoms with van der Waals surface area (Å²) in [7, 11) is 8.72. The van der Waals surface area contributed by atoms with E-state index in [1.807, 2.05) is 18.8 Å². The molecule has 0 spiro atoms. The fourth-order valence-corrected chi connectivity index (χ4v) is 1.86. The first kappa shape index (κ1) is 15.9. The van der Waals surface area contributed by atoms with Gasteiger partial charge in [0.25, 0.3) is 0 Å². The van der Waals surface area contributed by atoms with Gasteiger partial charge in [-0.1, -0.05) is 0 Å². The molecular formula is C12H24N4O3. The number of hydrogen-bond acceptors (Lipinski definition) is 6. The summed E-state index contributed by atoms with van der Waals surface area (Å²) in [4.78, 5) is 2.08. The Hall–Kier alpha value is -1.15. The number of hydrogen-bond donors (Lipinski definition) is 1. The third-order valence-electron chi connectivity index (χ3n) is 2.90. The van der Waals surface area contributed by atoms with Crippen LogP contribution in [0.1, 0.15) is 11.7 Å². The van der Waals surface area contributed by atoms with Crippen molar-refractivity contribution in [3.63, 3.8) is 0 Å². The van der Waals surface area contributed by atoms with Crippen molar-refractivity contribution < 1.29 is 14.2 Å². The van der Waals surface area contributed by atoms with Gasteiger partial charge >= 0.3 is 0 Å². The Morgan fingerprint density at radius 1 is 1.32 bits per heavy atom. The highest BCUT2D eigenvalue weighted by Crippen LogP contribution is 2.26. The summed E-state index contributed by atoms with van der Waals surface area (Å²) in [5, 5.41) is 4.30. The van der Waals surface area contributed by atoms with Gasteiger partial charge in [0.2, 0.25) is 0 Å². The second kappa shape index (κ2) is 7.44. The van der Waals surface area contributed by atoms with Crippen molar-refractivity contribution in [3.05, 3.63) is 11.9 Å². The molecule has 1 aromatic rings. The first-order valence-electron chi connectivity index (χ1n) is 6.10. The summed E-state index contributed by atoms with van der Waals surface area (Å²) in [6, 6.07) is -0.463. The lowest BCUT2D eigenvalue weighted by Gasteiger charge is -2.23. The zero-order valence-electron chi connectivity index (χ0n) is 12.3. The largest absolute Gasteiger partial charge is 0.493 e. The van der Waals surface area contributed by atoms with Gasteiger partial charge in [0.1, 0.15) is 11.7 Å². The van der Waals surface area contributed by atoms with Crippen molar-refractivity contribution >= 4 is 0 Å². The molecule has 0 aliphatic heterocycles. The molecule has 1 aromatic heterocycles. The van der Waals surface area contributed by atoms with Crippen LogP contribution in [-0.2, 0) is 16.0 Å². The average Bonchev–Trinajstić information content (AvgIpc) is 2.80. The number of nitrogens with zero attached hydrogens (tertiary/aromatic N) is 3. The number of likely N-dealkylation sites (N-methyl/N-ethyl adjacent to an activating group) is 1. The molecule has 0 radical (unpaired) electrons. The Bertz CT molecular complexity index is 377. The smallest absolute Gasteiger partial charge is 0.177 e. The molecule has 0 fully saturated rings. The van der Waals surface area contributed by atoms with E-state index >= 15 is 0 Å². The Kier molecular flexibility index (Phi) is 6.23. The second-order valence-corrected chi connectivity index (χ2v) is 4.49. The van der Waals surface area contributed by atoms with Crippen LogP contribution in [-0.4, -0.2) is 62.9 Å². The van der Waals surface area contributed by atoms with Crippen LogP contribution in [0.3, 0.4) is 0 Å². The molecule has 1 rings (SSSR count). The number of aromatic nitrogens is 2. The standard InChI is InChI=1S/C12H24N4O3/c1-15(2)6-7-16-11(9(17-3)8-14-16)10(13)12(18-4)19-5/h8,10,12H,6-7,13H2,1-5H3. The predicted molar refractivity (Wildman–Crippen MR) is 72.1 cm³/mol. The van der Waals surface area contributed by atoms with Crippen LogP contribution in [0.5, 0.6) is 5.75 Å². The van der Waals surface area contributed by atoms with Gasteiger partial charge < -0.3 is 24.8 Å². The molecule has 0 amide bonds. The average molecular weight is 272 g/mol. The molecule has 0 aliphatic rings. The van der Waals surface area contributed by atoms with Gasteiger partial charge in [0, 0.05) is 20.8 Å². The van der Waals surface area contributed by atoms with Crippen LogP contribution < -0.4 is 10.5 Å². The van der Waals surface area contributed by atoms with Gasteiger partial charge in [-0.3, -0.25) is 4.68 Å². The maximum absolute atomic E-state index is 6.18. The zero-order valence-corrected chi connectivity index (χ0v) is 12.3. The van der Waals surface area contributed by atoms with Gasteiger partial charge in [-0.05, 0) is 14.1 Å². The molecule has 0 saturated heterocycles. The van der Waals surface area contributed by atoms with Crippen molar-refractivity contribution in [2.45, 2.75) is 18.9 Å². The Morgan fingerprint density at radius 3 is 2.42 bits per heavy atom. The van der Waals surface area contributed by atoms with Gasteiger partial charge in [-0.2, -0.15) is 5.10 Å². The first-order chi connectivity index (χ1) is 9.04. The first-order valence-corrected chi connectivity index (χ1v) is 6.10. The summed E-state index contributed by atoms with van der Waals surface area (Å²) < 4.78 is 17.6. The van der Waals surface area contributed by atoms with E-state index in [0.29, 0.717) is 5.75 Å². The van der Waals surface area contributed by atoms with E-state index in [0.717, 1.165) is 18.8 Å². The second-order valence-electron chi connectivity index (χ2n) is 4.49. The lowest BCUT2D eigenvalue weighted by Crippen LogP contribution is -2.32. The van der Waals surface area contributed by atoms with E-state index in [2.05, 4.69) is 10.00 Å². The number of nitrogens with two attached hydrogens (primary N) is 1. The maximum atomic E-state index is 6.18. The van der Waals surface area contributed by atoms with Crippen LogP contribution in [0.15, 0.2) is 6.20 Å². The fourth-order valence-electron chi connectivity index (χ4n) is 1.86. The molecule has 0 saturated carbocycles. The van der Waals surface area contributed by atoms with E-state index < -0.39 is 12.3 Å². The van der Waals surface area contributed by atoms with Gasteiger partial charge in [-0.15, -0.1) is 0 Å². The minimum Gasteiger partial charge on any atom is -0.493 e. The predicted octanol–water partition coefficient (Wildman–Crippen LogP) is 0.0720. The van der Waals surface area contributed by atoms with Crippen LogP contribution >= 0.6 is 0 Å². The quantitative estimate of drug-likeness (QED) is 0.675. The summed E-state index contributed by atoms with van der Waals surface area (Å²) >= 11 is 0. The minimum atomic E-state index is -0.538. The highest BCUT2D eigenvalue weighted by molar-refractivity contribution is 5.28. The number of methoxy groups -OCH3 is 3. The van der Waals surface area contributed by atoms with Crippen molar-refractivity contribution in [2.75, 3.05) is 42.0 Å². The highest BCUT2D eigenvalue weighted by Gasteiger charge is 2.26. The molecule has 2 N–H and O–H groups in total. The van der Waals surface area contributed by atoms with Crippen LogP contribution in [0.2, 0.25) is 0 Å². The van der Waals surface area contributed by atoms with E-state index in [9.17, 15) is 0 Å². The minimum absolute atomic E-state index is 0.463. The zero-order chi connectivity index (χ0) is 14.4. The van der Waals surface area contributed by atoms with Crippen LogP contribution in [0, 0.1) is 0 Å². The summed E-state index contributed by atoms with van der Waals surface area (Å²) in [5.41, 5.74) is 6.96. The van der Waals surface area contributed by atoms with Crippen LogP contribution in [0.25, 0.3) is 0 Å². The van der Waals surface area contributed by atoms with Gasteiger partial charge in [-0.25, -0.2) is 0 Å². The molecule has 1 heterocycles. The maximum Gasteiger partial charge on any atom is 0.177 e. The molecule has 7 heteroatoms. The molecule has 110 valence electrons. The highest BCUT2D eigenvalue weighted by atomic mass is 16.7. The lowest BCUT2D eigenvalue weighted by atomic mass is 10.2. The molecule has 7 nitrogen and oxygen atoms in total. The van der Waals surface area contributed by atoms with Crippen molar-refractivity contribution in [2.24, 2.45) is 5.73 Å². The van der Waals surface area contributed by atoms with Gasteiger partial charge in [0.05, 0.1) is 19.9 Å². The topological polar surface area (TPSA) is 74.8 Å². The van der Waals surface area contributed by atoms with Gasteiger partial charge in [0.15, 0.2) is 12.0 Å². The summed E-state index contributed by atoms with van der Waals surface area (Å²) in [6.45, 7) is 1.58. The van der Waals surface area contributed by atoms with E-state index in [1.54, 1.807) is 27.5 Å². The van der Waals surface area contributed by atoms with E-state index in [-0.39, 0.29) is 0 Å². The van der Waals surface area contributed by atoms with E-state index in [4.69, 9.17) is 19.9 Å². The number of ether oxygens (including phenoxy) is 3. The molecule has 19 heavy (non-hydrogen) atoms.